The van der Waals surface area contributed by atoms with Crippen LogP contribution in [0.15, 0.2) is 42.6 Å². The molecule has 7 nitrogen and oxygen atoms in total. The number of hydrogen-bond acceptors (Lipinski definition) is 7. The van der Waals surface area contributed by atoms with Crippen LogP contribution in [0.3, 0.4) is 0 Å². The molecule has 0 amide bonds. The maximum atomic E-state index is 11.8. The Kier molecular flexibility index (Phi) is 12.7. The minimum absolute atomic E-state index is 0.102. The van der Waals surface area contributed by atoms with Crippen molar-refractivity contribution in [3.63, 3.8) is 0 Å². The first-order chi connectivity index (χ1) is 14.9. The Morgan fingerprint density at radius 1 is 1.19 bits per heavy atom. The van der Waals surface area contributed by atoms with Crippen LogP contribution in [0.25, 0.3) is 0 Å². The Morgan fingerprint density at radius 2 is 1.87 bits per heavy atom. The summed E-state index contributed by atoms with van der Waals surface area (Å²) in [4.78, 5) is 15.9. The number of carbonyl (C=O) groups excluding carboxylic acids is 1. The maximum Gasteiger partial charge on any atom is 0.325 e. The summed E-state index contributed by atoms with van der Waals surface area (Å²) in [5, 5.41) is 12.7. The number of benzene rings is 1. The van der Waals surface area contributed by atoms with E-state index >= 15 is 0 Å². The highest BCUT2D eigenvalue weighted by Gasteiger charge is 2.15. The first kappa shape index (κ1) is 26.2. The third kappa shape index (κ3) is 10.1. The van der Waals surface area contributed by atoms with Crippen molar-refractivity contribution in [3.05, 3.63) is 48.3 Å². The molecule has 8 heteroatoms. The molecule has 0 radical (unpaired) electrons. The number of ether oxygens (including phenoxy) is 3. The van der Waals surface area contributed by atoms with Gasteiger partial charge in [0.15, 0.2) is 11.5 Å². The van der Waals surface area contributed by atoms with Crippen molar-refractivity contribution >= 4 is 23.2 Å². The number of para-hydroxylation sites is 1. The molecular weight excluding hydrogens is 416 g/mol. The van der Waals surface area contributed by atoms with Gasteiger partial charge in [0, 0.05) is 12.3 Å². The van der Waals surface area contributed by atoms with Crippen molar-refractivity contribution in [1.82, 2.24) is 10.3 Å². The molecule has 2 N–H and O–H groups in total. The molecule has 0 saturated heterocycles. The van der Waals surface area contributed by atoms with Gasteiger partial charge in [-0.15, -0.1) is 0 Å². The number of hydrogen-bond donors (Lipinski definition) is 2. The number of nitrogens with one attached hydrogen (secondary N) is 1. The van der Waals surface area contributed by atoms with Crippen molar-refractivity contribution in [2.24, 2.45) is 0 Å². The molecule has 1 heterocycles. The van der Waals surface area contributed by atoms with Crippen LogP contribution in [0.1, 0.15) is 45.7 Å². The van der Waals surface area contributed by atoms with Crippen molar-refractivity contribution < 1.29 is 24.1 Å². The second-order valence-corrected chi connectivity index (χ2v) is 7.08. The lowest BCUT2D eigenvalue weighted by Crippen LogP contribution is -2.32. The number of esters is 1. The predicted molar refractivity (Wildman–Crippen MR) is 125 cm³/mol. The number of pyridine rings is 1. The zero-order valence-corrected chi connectivity index (χ0v) is 19.4. The molecular formula is C23H32N2O5S. The minimum atomic E-state index is -0.502. The second-order valence-electron chi connectivity index (χ2n) is 6.67. The number of carbonyl (C=O) groups is 1. The van der Waals surface area contributed by atoms with Gasteiger partial charge in [-0.3, -0.25) is 4.79 Å². The fourth-order valence-corrected chi connectivity index (χ4v) is 2.61. The molecule has 170 valence electrons. The van der Waals surface area contributed by atoms with Crippen LogP contribution >= 0.6 is 12.2 Å². The van der Waals surface area contributed by atoms with Crippen LogP contribution in [0.4, 0.5) is 0 Å². The second kappa shape index (κ2) is 15.0. The summed E-state index contributed by atoms with van der Waals surface area (Å²) in [5.41, 5.74) is 0.132. The van der Waals surface area contributed by atoms with Gasteiger partial charge in [-0.05, 0) is 19.1 Å². The van der Waals surface area contributed by atoms with Gasteiger partial charge in [0.1, 0.15) is 35.7 Å². The zero-order chi connectivity index (χ0) is 23.1. The number of nitrogens with zero attached hydrogens (tertiary/aromatic N) is 1. The molecule has 1 aromatic heterocycles. The molecule has 0 aliphatic heterocycles. The number of unbranched alkanes of at least 4 members (excludes halogenated alkanes) is 2. The van der Waals surface area contributed by atoms with Crippen molar-refractivity contribution in [1.29, 1.82) is 0 Å². The van der Waals surface area contributed by atoms with Gasteiger partial charge < -0.3 is 24.6 Å². The largest absolute Gasteiger partial charge is 0.503 e. The van der Waals surface area contributed by atoms with E-state index in [0.717, 1.165) is 0 Å². The number of methoxy groups -OCH3 is 1. The Morgan fingerprint density at radius 3 is 2.45 bits per heavy atom. The monoisotopic (exact) mass is 448 g/mol. The first-order valence-corrected chi connectivity index (χ1v) is 10.7. The SMILES string of the molecule is CCCCC.COc1ccnc(C(=S)NCC(=O)OCC(C)Oc2ccccc2)c1O. The summed E-state index contributed by atoms with van der Waals surface area (Å²) >= 11 is 5.13. The van der Waals surface area contributed by atoms with Gasteiger partial charge >= 0.3 is 5.97 Å². The summed E-state index contributed by atoms with van der Waals surface area (Å²) in [6.45, 7) is 6.17. The van der Waals surface area contributed by atoms with E-state index in [2.05, 4.69) is 24.1 Å². The average Bonchev–Trinajstić information content (AvgIpc) is 2.78. The highest BCUT2D eigenvalue weighted by Crippen LogP contribution is 2.27. The lowest BCUT2D eigenvalue weighted by Gasteiger charge is -2.15. The quantitative estimate of drug-likeness (QED) is 0.411. The number of aromatic hydroxyl groups is 1. The van der Waals surface area contributed by atoms with Crippen LogP contribution in [0, 0.1) is 0 Å². The molecule has 2 rings (SSSR count). The smallest absolute Gasteiger partial charge is 0.325 e. The van der Waals surface area contributed by atoms with Crippen molar-refractivity contribution in [2.75, 3.05) is 20.3 Å². The molecule has 1 aromatic carbocycles. The molecule has 0 saturated carbocycles. The number of thiocarbonyl (C=S) groups is 1. The average molecular weight is 449 g/mol. The summed E-state index contributed by atoms with van der Waals surface area (Å²) < 4.78 is 15.8. The van der Waals surface area contributed by atoms with Gasteiger partial charge in [-0.2, -0.15) is 0 Å². The van der Waals surface area contributed by atoms with E-state index in [1.165, 1.54) is 38.6 Å². The van der Waals surface area contributed by atoms with E-state index in [1.54, 1.807) is 6.92 Å². The Bertz CT molecular complexity index is 800. The molecule has 31 heavy (non-hydrogen) atoms. The zero-order valence-electron chi connectivity index (χ0n) is 18.6. The topological polar surface area (TPSA) is 89.9 Å². The summed E-state index contributed by atoms with van der Waals surface area (Å²) in [6, 6.07) is 10.8. The summed E-state index contributed by atoms with van der Waals surface area (Å²) in [6.07, 6.45) is 5.23. The molecule has 2 aromatic rings. The number of aromatic nitrogens is 1. The standard InChI is InChI=1S/C18H20N2O5S.C5H12/c1-12(25-13-6-4-3-5-7-13)11-24-15(21)10-20-18(26)16-17(22)14(23-2)8-9-19-16;1-3-5-4-2/h3-9,12,22H,10-11H2,1-2H3,(H,20,26);3-5H2,1-2H3. The van der Waals surface area contributed by atoms with Crippen LogP contribution in [-0.4, -0.2) is 47.4 Å². The van der Waals surface area contributed by atoms with Crippen molar-refractivity contribution in [2.45, 2.75) is 46.1 Å². The molecule has 0 bridgehead atoms. The normalized spacial score (nSPS) is 10.8. The molecule has 0 aliphatic rings. The van der Waals surface area contributed by atoms with E-state index in [0.29, 0.717) is 5.75 Å². The van der Waals surface area contributed by atoms with E-state index in [1.807, 2.05) is 30.3 Å². The highest BCUT2D eigenvalue weighted by molar-refractivity contribution is 7.80. The van der Waals surface area contributed by atoms with Gasteiger partial charge in [0.05, 0.1) is 7.11 Å². The van der Waals surface area contributed by atoms with E-state index in [-0.39, 0.29) is 41.4 Å². The lowest BCUT2D eigenvalue weighted by molar-refractivity contribution is -0.144. The fourth-order valence-electron chi connectivity index (χ4n) is 2.38. The van der Waals surface area contributed by atoms with E-state index in [4.69, 9.17) is 26.4 Å². The van der Waals surface area contributed by atoms with Gasteiger partial charge in [-0.25, -0.2) is 4.98 Å². The molecule has 1 unspecified atom stereocenters. The molecule has 0 spiro atoms. The van der Waals surface area contributed by atoms with E-state index < -0.39 is 5.97 Å². The molecule has 0 fully saturated rings. The summed E-state index contributed by atoms with van der Waals surface area (Å²) in [5.74, 6) is 0.257. The highest BCUT2D eigenvalue weighted by atomic mass is 32.1. The van der Waals surface area contributed by atoms with Gasteiger partial charge in [0.25, 0.3) is 0 Å². The van der Waals surface area contributed by atoms with Crippen LogP contribution in [0.5, 0.6) is 17.2 Å². The number of rotatable bonds is 10. The van der Waals surface area contributed by atoms with Crippen LogP contribution in [-0.2, 0) is 9.53 Å². The van der Waals surface area contributed by atoms with Crippen molar-refractivity contribution in [3.8, 4) is 17.2 Å². The Balaban J connectivity index is 0.000000861. The van der Waals surface area contributed by atoms with Gasteiger partial charge in [-0.1, -0.05) is 63.5 Å². The maximum absolute atomic E-state index is 11.8. The Labute approximate surface area is 189 Å². The van der Waals surface area contributed by atoms with Gasteiger partial charge in [0.2, 0.25) is 0 Å². The molecule has 0 aliphatic carbocycles. The Hall–Kier alpha value is -2.87. The lowest BCUT2D eigenvalue weighted by atomic mass is 10.3. The molecule has 1 atom stereocenters. The third-order valence-electron chi connectivity index (χ3n) is 3.98. The minimum Gasteiger partial charge on any atom is -0.503 e. The van der Waals surface area contributed by atoms with Crippen LogP contribution < -0.4 is 14.8 Å². The third-order valence-corrected chi connectivity index (χ3v) is 4.32. The van der Waals surface area contributed by atoms with Crippen LogP contribution in [0.2, 0.25) is 0 Å². The predicted octanol–water partition coefficient (Wildman–Crippen LogP) is 4.27. The summed E-state index contributed by atoms with van der Waals surface area (Å²) in [7, 11) is 1.42. The first-order valence-electron chi connectivity index (χ1n) is 10.3. The fraction of sp³-hybridized carbons (Fsp3) is 0.435. The van der Waals surface area contributed by atoms with E-state index in [9.17, 15) is 9.90 Å².